The van der Waals surface area contributed by atoms with Gasteiger partial charge in [0.15, 0.2) is 0 Å². The molecule has 1 saturated heterocycles. The molecule has 8 heteroatoms. The summed E-state index contributed by atoms with van der Waals surface area (Å²) in [6.45, 7) is 9.27. The van der Waals surface area contributed by atoms with E-state index in [0.29, 0.717) is 13.1 Å². The minimum atomic E-state index is 0.198. The predicted octanol–water partition coefficient (Wildman–Crippen LogP) is 5.61. The molecule has 8 nitrogen and oxygen atoms in total. The van der Waals surface area contributed by atoms with Gasteiger partial charge in [0.05, 0.1) is 36.3 Å². The van der Waals surface area contributed by atoms with Crippen LogP contribution in [0.3, 0.4) is 0 Å². The van der Waals surface area contributed by atoms with E-state index in [1.54, 1.807) is 0 Å². The first-order valence-corrected chi connectivity index (χ1v) is 15.5. The molecule has 0 spiro atoms. The number of para-hydroxylation sites is 1. The number of imidazole rings is 1. The van der Waals surface area contributed by atoms with Crippen molar-refractivity contribution in [2.24, 2.45) is 0 Å². The second-order valence-electron chi connectivity index (χ2n) is 11.4. The average Bonchev–Trinajstić information content (AvgIpc) is 3.38. The van der Waals surface area contributed by atoms with Crippen LogP contribution in [0.4, 0.5) is 11.6 Å². The van der Waals surface area contributed by atoms with E-state index in [1.807, 2.05) is 12.3 Å². The lowest BCUT2D eigenvalue weighted by Gasteiger charge is -2.26. The number of aliphatic hydroxyl groups excluding tert-OH is 1. The number of aryl methyl sites for hydroxylation is 2. The summed E-state index contributed by atoms with van der Waals surface area (Å²) in [7, 11) is 0. The Labute approximate surface area is 253 Å². The van der Waals surface area contributed by atoms with E-state index in [9.17, 15) is 5.11 Å². The first kappa shape index (κ1) is 29.1. The lowest BCUT2D eigenvalue weighted by atomic mass is 10.0. The lowest BCUT2D eigenvalue weighted by molar-refractivity contribution is 0.0378. The molecule has 5 aromatic rings. The molecule has 0 radical (unpaired) electrons. The molecule has 3 N–H and O–H groups in total. The highest BCUT2D eigenvalue weighted by atomic mass is 16.5. The maximum absolute atomic E-state index is 9.36. The Balaban J connectivity index is 1.26. The molecule has 1 fully saturated rings. The zero-order chi connectivity index (χ0) is 29.4. The van der Waals surface area contributed by atoms with Crippen LogP contribution in [0.1, 0.15) is 35.1 Å². The van der Waals surface area contributed by atoms with Gasteiger partial charge in [-0.1, -0.05) is 42.5 Å². The van der Waals surface area contributed by atoms with E-state index < -0.39 is 0 Å². The van der Waals surface area contributed by atoms with Crippen LogP contribution in [-0.2, 0) is 24.2 Å². The molecule has 3 heterocycles. The van der Waals surface area contributed by atoms with Gasteiger partial charge in [0.2, 0.25) is 5.95 Å². The molecule has 1 aliphatic heterocycles. The molecular weight excluding hydrogens is 536 g/mol. The Kier molecular flexibility index (Phi) is 9.47. The van der Waals surface area contributed by atoms with Crippen LogP contribution in [0.2, 0.25) is 0 Å². The number of hydrogen-bond acceptors (Lipinski definition) is 7. The summed E-state index contributed by atoms with van der Waals surface area (Å²) in [4.78, 5) is 12.2. The summed E-state index contributed by atoms with van der Waals surface area (Å²) in [5, 5.41) is 17.8. The number of aromatic nitrogens is 3. The predicted molar refractivity (Wildman–Crippen MR) is 175 cm³/mol. The van der Waals surface area contributed by atoms with Gasteiger partial charge in [-0.3, -0.25) is 9.88 Å². The van der Waals surface area contributed by atoms with Gasteiger partial charge < -0.3 is 25.0 Å². The zero-order valence-corrected chi connectivity index (χ0v) is 25.1. The number of anilines is 2. The molecule has 224 valence electrons. The summed E-state index contributed by atoms with van der Waals surface area (Å²) in [5.41, 5.74) is 9.06. The van der Waals surface area contributed by atoms with Crippen molar-refractivity contribution in [3.63, 3.8) is 0 Å². The maximum atomic E-state index is 9.36. The number of aliphatic hydroxyl groups is 1. The number of pyridine rings is 1. The third-order valence-corrected chi connectivity index (χ3v) is 8.25. The maximum Gasteiger partial charge on any atom is 0.204 e. The molecule has 0 unspecified atom stereocenters. The third kappa shape index (κ3) is 7.16. The molecular formula is C35H42N6O2. The van der Waals surface area contributed by atoms with Crippen LogP contribution in [0, 0.1) is 6.92 Å². The van der Waals surface area contributed by atoms with Crippen LogP contribution in [0.5, 0.6) is 0 Å². The summed E-state index contributed by atoms with van der Waals surface area (Å²) in [6.07, 6.45) is 4.52. The molecule has 1 aliphatic rings. The number of hydrogen-bond donors (Lipinski definition) is 3. The average molecular weight is 579 g/mol. The molecule has 2 aromatic heterocycles. The van der Waals surface area contributed by atoms with Gasteiger partial charge in [0, 0.05) is 50.1 Å². The van der Waals surface area contributed by atoms with Gasteiger partial charge in [0.1, 0.15) is 0 Å². The fourth-order valence-corrected chi connectivity index (χ4v) is 5.91. The number of ether oxygens (including phenoxy) is 1. The van der Waals surface area contributed by atoms with E-state index in [2.05, 4.69) is 87.7 Å². The second-order valence-corrected chi connectivity index (χ2v) is 11.4. The molecule has 0 aliphatic carbocycles. The third-order valence-electron chi connectivity index (χ3n) is 8.25. The summed E-state index contributed by atoms with van der Waals surface area (Å²) in [6, 6.07) is 23.6. The first-order valence-electron chi connectivity index (χ1n) is 15.5. The van der Waals surface area contributed by atoms with E-state index in [1.165, 1.54) is 22.3 Å². The minimum absolute atomic E-state index is 0.198. The van der Waals surface area contributed by atoms with Gasteiger partial charge in [-0.15, -0.1) is 0 Å². The van der Waals surface area contributed by atoms with Crippen LogP contribution >= 0.6 is 0 Å². The van der Waals surface area contributed by atoms with Gasteiger partial charge in [0.25, 0.3) is 0 Å². The highest BCUT2D eigenvalue weighted by Gasteiger charge is 2.15. The Morgan fingerprint density at radius 1 is 0.930 bits per heavy atom. The van der Waals surface area contributed by atoms with E-state index in [4.69, 9.17) is 14.7 Å². The molecule has 3 aromatic carbocycles. The van der Waals surface area contributed by atoms with Crippen molar-refractivity contribution in [3.8, 4) is 0 Å². The monoisotopic (exact) mass is 578 g/mol. The summed E-state index contributed by atoms with van der Waals surface area (Å²) >= 11 is 0. The quantitative estimate of drug-likeness (QED) is 0.157. The molecule has 0 bridgehead atoms. The van der Waals surface area contributed by atoms with Crippen molar-refractivity contribution in [2.45, 2.75) is 39.3 Å². The van der Waals surface area contributed by atoms with Gasteiger partial charge in [-0.2, -0.15) is 0 Å². The second kappa shape index (κ2) is 14.0. The number of morpholine rings is 1. The standard InChI is InChI=1S/C35H42N6O2/c1-26-10-12-28(9-4-19-42)32(22-26)38-24-27-11-13-31-33(23-27)41(25-30-7-2-6-29-8-3-14-36-34(29)30)35(39-31)37-15-5-16-40-17-20-43-21-18-40/h2-3,6-8,10-14,22-23,38,42H,4-5,9,15-21,24-25H2,1H3,(H,37,39). The number of rotatable bonds is 13. The van der Waals surface area contributed by atoms with Crippen LogP contribution in [0.15, 0.2) is 72.9 Å². The Morgan fingerprint density at radius 3 is 2.70 bits per heavy atom. The van der Waals surface area contributed by atoms with Gasteiger partial charge in [-0.25, -0.2) is 4.98 Å². The highest BCUT2D eigenvalue weighted by Crippen LogP contribution is 2.26. The Bertz CT molecular complexity index is 1650. The van der Waals surface area contributed by atoms with Crippen LogP contribution in [0.25, 0.3) is 21.9 Å². The number of nitrogens with zero attached hydrogens (tertiary/aromatic N) is 4. The SMILES string of the molecule is Cc1ccc(CCCO)c(NCc2ccc3nc(NCCCN4CCOCC4)n(Cc4cccc5cccnc45)c3c2)c1. The molecule has 0 saturated carbocycles. The Hall–Kier alpha value is -3.98. The van der Waals surface area contributed by atoms with E-state index >= 15 is 0 Å². The van der Waals surface area contributed by atoms with Crippen molar-refractivity contribution in [1.29, 1.82) is 0 Å². The van der Waals surface area contributed by atoms with Gasteiger partial charge >= 0.3 is 0 Å². The molecule has 6 rings (SSSR count). The van der Waals surface area contributed by atoms with Gasteiger partial charge in [-0.05, 0) is 79.3 Å². The Morgan fingerprint density at radius 2 is 1.81 bits per heavy atom. The fourth-order valence-electron chi connectivity index (χ4n) is 5.91. The van der Waals surface area contributed by atoms with Crippen molar-refractivity contribution >= 4 is 33.6 Å². The molecule has 0 amide bonds. The first-order chi connectivity index (χ1) is 21.2. The summed E-state index contributed by atoms with van der Waals surface area (Å²) < 4.78 is 7.80. The largest absolute Gasteiger partial charge is 0.396 e. The highest BCUT2D eigenvalue weighted by molar-refractivity contribution is 5.83. The smallest absolute Gasteiger partial charge is 0.204 e. The minimum Gasteiger partial charge on any atom is -0.396 e. The number of nitrogens with one attached hydrogen (secondary N) is 2. The van der Waals surface area contributed by atoms with E-state index in [0.717, 1.165) is 92.2 Å². The molecule has 43 heavy (non-hydrogen) atoms. The normalized spacial score (nSPS) is 14.0. The van der Waals surface area contributed by atoms with Crippen molar-refractivity contribution < 1.29 is 9.84 Å². The number of fused-ring (bicyclic) bond motifs is 2. The summed E-state index contributed by atoms with van der Waals surface area (Å²) in [5.74, 6) is 0.889. The zero-order valence-electron chi connectivity index (χ0n) is 25.1. The van der Waals surface area contributed by atoms with E-state index in [-0.39, 0.29) is 6.61 Å². The number of benzene rings is 3. The van der Waals surface area contributed by atoms with Crippen LogP contribution < -0.4 is 10.6 Å². The molecule has 0 atom stereocenters. The van der Waals surface area contributed by atoms with Crippen LogP contribution in [-0.4, -0.2) is 70.5 Å². The van der Waals surface area contributed by atoms with Crippen molar-refractivity contribution in [1.82, 2.24) is 19.4 Å². The van der Waals surface area contributed by atoms with Crippen molar-refractivity contribution in [3.05, 3.63) is 95.2 Å². The topological polar surface area (TPSA) is 87.5 Å². The van der Waals surface area contributed by atoms with Crippen molar-refractivity contribution in [2.75, 3.05) is 56.6 Å². The lowest BCUT2D eigenvalue weighted by Crippen LogP contribution is -2.37. The fraction of sp³-hybridized carbons (Fsp3) is 0.371.